The molecule has 1 saturated carbocycles. The largest absolute Gasteiger partial charge is 0.334 e. The van der Waals surface area contributed by atoms with Crippen LogP contribution in [-0.2, 0) is 21.4 Å². The number of aromatic nitrogens is 2. The van der Waals surface area contributed by atoms with Crippen LogP contribution in [-0.4, -0.2) is 55.9 Å². The number of imide groups is 2. The predicted octanol–water partition coefficient (Wildman–Crippen LogP) is 1.34. The van der Waals surface area contributed by atoms with Crippen molar-refractivity contribution in [2.45, 2.75) is 52.5 Å². The highest BCUT2D eigenvalue weighted by Crippen LogP contribution is 2.31. The molecule has 0 unspecified atom stereocenters. The molecule has 3 rings (SSSR count). The lowest BCUT2D eigenvalue weighted by molar-refractivity contribution is -0.145. The Labute approximate surface area is 157 Å². The molecule has 27 heavy (non-hydrogen) atoms. The lowest BCUT2D eigenvalue weighted by Crippen LogP contribution is -2.46. The number of nitrogens with zero attached hydrogens (tertiary/aromatic N) is 4. The molecule has 5 amide bonds. The third kappa shape index (κ3) is 3.33. The van der Waals surface area contributed by atoms with Gasteiger partial charge in [0.1, 0.15) is 6.54 Å². The van der Waals surface area contributed by atoms with Gasteiger partial charge in [-0.15, -0.1) is 0 Å². The van der Waals surface area contributed by atoms with Gasteiger partial charge in [-0.1, -0.05) is 19.8 Å². The average Bonchev–Trinajstić information content (AvgIpc) is 2.97. The van der Waals surface area contributed by atoms with Crippen LogP contribution < -0.4 is 5.32 Å². The highest BCUT2D eigenvalue weighted by atomic mass is 16.2. The zero-order chi connectivity index (χ0) is 19.9. The number of amides is 5. The third-order valence-corrected chi connectivity index (χ3v) is 5.56. The Hall–Kier alpha value is -2.71. The maximum absolute atomic E-state index is 12.7. The van der Waals surface area contributed by atoms with Gasteiger partial charge in [0.05, 0.1) is 17.1 Å². The van der Waals surface area contributed by atoms with Gasteiger partial charge in [0.25, 0.3) is 0 Å². The number of urea groups is 1. The number of hydrogen-bond donors (Lipinski definition) is 1. The summed E-state index contributed by atoms with van der Waals surface area (Å²) in [5.74, 6) is -2.16. The van der Waals surface area contributed by atoms with Gasteiger partial charge in [-0.25, -0.2) is 9.69 Å². The summed E-state index contributed by atoms with van der Waals surface area (Å²) in [7, 11) is 1.76. The van der Waals surface area contributed by atoms with Gasteiger partial charge in [0.2, 0.25) is 5.91 Å². The zero-order valence-electron chi connectivity index (χ0n) is 16.1. The number of aryl methyl sites for hydroxylation is 2. The Kier molecular flexibility index (Phi) is 5.03. The molecule has 1 N–H and O–H groups in total. The molecule has 2 heterocycles. The molecule has 146 valence electrons. The van der Waals surface area contributed by atoms with E-state index >= 15 is 0 Å². The van der Waals surface area contributed by atoms with Crippen LogP contribution in [0.3, 0.4) is 0 Å². The van der Waals surface area contributed by atoms with Crippen LogP contribution >= 0.6 is 0 Å². The Bertz CT molecular complexity index is 815. The second-order valence-corrected chi connectivity index (χ2v) is 7.40. The minimum Gasteiger partial charge on any atom is -0.321 e. The Morgan fingerprint density at radius 1 is 1.15 bits per heavy atom. The molecule has 0 bridgehead atoms. The molecule has 1 aromatic rings. The van der Waals surface area contributed by atoms with Crippen molar-refractivity contribution in [2.75, 3.05) is 11.9 Å². The maximum Gasteiger partial charge on any atom is 0.334 e. The monoisotopic (exact) mass is 375 g/mol. The molecule has 0 spiro atoms. The average molecular weight is 375 g/mol. The van der Waals surface area contributed by atoms with Crippen molar-refractivity contribution in [3.63, 3.8) is 0 Å². The predicted molar refractivity (Wildman–Crippen MR) is 96.7 cm³/mol. The summed E-state index contributed by atoms with van der Waals surface area (Å²) in [5, 5.41) is 6.90. The minimum absolute atomic E-state index is 0.147. The van der Waals surface area contributed by atoms with E-state index in [1.807, 2.05) is 6.92 Å². The third-order valence-electron chi connectivity index (χ3n) is 5.56. The SMILES string of the molecule is Cc1nn(C)c(C)c1NC(=O)CN1C(=O)C(=O)N([C@H]2CCCC[C@H]2C)C1=O. The molecular formula is C18H25N5O4. The Morgan fingerprint density at radius 2 is 1.81 bits per heavy atom. The summed E-state index contributed by atoms with van der Waals surface area (Å²) in [6, 6.07) is -0.975. The second-order valence-electron chi connectivity index (χ2n) is 7.40. The number of anilines is 1. The topological polar surface area (TPSA) is 105 Å². The number of rotatable bonds is 4. The van der Waals surface area contributed by atoms with E-state index < -0.39 is 30.3 Å². The molecule has 9 nitrogen and oxygen atoms in total. The van der Waals surface area contributed by atoms with Crippen LogP contribution in [0.4, 0.5) is 10.5 Å². The molecular weight excluding hydrogens is 350 g/mol. The van der Waals surface area contributed by atoms with Crippen LogP contribution in [0, 0.1) is 19.8 Å². The van der Waals surface area contributed by atoms with Gasteiger partial charge in [-0.3, -0.25) is 24.0 Å². The van der Waals surface area contributed by atoms with E-state index in [0.29, 0.717) is 17.8 Å². The van der Waals surface area contributed by atoms with Gasteiger partial charge in [-0.2, -0.15) is 5.10 Å². The first-order chi connectivity index (χ1) is 12.7. The quantitative estimate of drug-likeness (QED) is 0.632. The smallest absolute Gasteiger partial charge is 0.321 e. The molecule has 9 heteroatoms. The van der Waals surface area contributed by atoms with E-state index in [1.165, 1.54) is 0 Å². The van der Waals surface area contributed by atoms with Gasteiger partial charge in [-0.05, 0) is 32.6 Å². The molecule has 1 saturated heterocycles. The molecule has 1 aliphatic carbocycles. The van der Waals surface area contributed by atoms with Gasteiger partial charge in [0.15, 0.2) is 0 Å². The molecule has 0 radical (unpaired) electrons. The van der Waals surface area contributed by atoms with E-state index in [2.05, 4.69) is 10.4 Å². The van der Waals surface area contributed by atoms with Crippen molar-refractivity contribution in [1.82, 2.24) is 19.6 Å². The summed E-state index contributed by atoms with van der Waals surface area (Å²) in [6.45, 7) is 5.05. The fraction of sp³-hybridized carbons (Fsp3) is 0.611. The first-order valence-corrected chi connectivity index (χ1v) is 9.21. The zero-order valence-corrected chi connectivity index (χ0v) is 16.1. The van der Waals surface area contributed by atoms with E-state index in [4.69, 9.17) is 0 Å². The van der Waals surface area contributed by atoms with E-state index in [-0.39, 0.29) is 12.0 Å². The van der Waals surface area contributed by atoms with Crippen molar-refractivity contribution in [1.29, 1.82) is 0 Å². The lowest BCUT2D eigenvalue weighted by Gasteiger charge is -2.34. The Morgan fingerprint density at radius 3 is 2.41 bits per heavy atom. The van der Waals surface area contributed by atoms with Crippen molar-refractivity contribution in [2.24, 2.45) is 13.0 Å². The molecule has 2 fully saturated rings. The van der Waals surface area contributed by atoms with E-state index in [1.54, 1.807) is 25.6 Å². The number of nitrogens with one attached hydrogen (secondary N) is 1. The van der Waals surface area contributed by atoms with Crippen LogP contribution in [0.1, 0.15) is 44.0 Å². The summed E-state index contributed by atoms with van der Waals surface area (Å²) < 4.78 is 1.63. The van der Waals surface area contributed by atoms with Gasteiger partial charge in [0, 0.05) is 13.1 Å². The number of hydrogen-bond acceptors (Lipinski definition) is 5. The fourth-order valence-corrected chi connectivity index (χ4v) is 3.91. The molecule has 1 aliphatic heterocycles. The van der Waals surface area contributed by atoms with Crippen LogP contribution in [0.5, 0.6) is 0 Å². The summed E-state index contributed by atoms with van der Waals surface area (Å²) in [6.07, 6.45) is 3.58. The van der Waals surface area contributed by atoms with Gasteiger partial charge < -0.3 is 5.32 Å². The van der Waals surface area contributed by atoms with Crippen molar-refractivity contribution >= 4 is 29.4 Å². The van der Waals surface area contributed by atoms with Crippen LogP contribution in [0.15, 0.2) is 0 Å². The van der Waals surface area contributed by atoms with Crippen LogP contribution in [0.2, 0.25) is 0 Å². The maximum atomic E-state index is 12.7. The molecule has 2 aliphatic rings. The molecule has 0 aromatic carbocycles. The fourth-order valence-electron chi connectivity index (χ4n) is 3.91. The highest BCUT2D eigenvalue weighted by Gasteiger charge is 2.49. The summed E-state index contributed by atoms with van der Waals surface area (Å²) >= 11 is 0. The number of carbonyl (C=O) groups is 4. The van der Waals surface area contributed by atoms with Crippen LogP contribution in [0.25, 0.3) is 0 Å². The molecule has 1 aromatic heterocycles. The minimum atomic E-state index is -0.937. The number of carbonyl (C=O) groups excluding carboxylic acids is 4. The normalized spacial score (nSPS) is 23.3. The first-order valence-electron chi connectivity index (χ1n) is 9.21. The first kappa shape index (κ1) is 19.1. The van der Waals surface area contributed by atoms with Crippen molar-refractivity contribution < 1.29 is 19.2 Å². The Balaban J connectivity index is 1.73. The van der Waals surface area contributed by atoms with Gasteiger partial charge >= 0.3 is 17.8 Å². The van der Waals surface area contributed by atoms with E-state index in [9.17, 15) is 19.2 Å². The summed E-state index contributed by atoms with van der Waals surface area (Å²) in [5.41, 5.74) is 1.94. The standard InChI is InChI=1S/C18H25N5O4/c1-10-7-5-6-8-13(10)23-17(26)16(25)22(18(23)27)9-14(24)19-15-11(2)20-21(4)12(15)3/h10,13H,5-9H2,1-4H3,(H,19,24)/t10-,13+/m1/s1. The molecule has 2 atom stereocenters. The highest BCUT2D eigenvalue weighted by molar-refractivity contribution is 6.45. The van der Waals surface area contributed by atoms with Crippen molar-refractivity contribution in [3.8, 4) is 0 Å². The van der Waals surface area contributed by atoms with E-state index in [0.717, 1.165) is 34.8 Å². The lowest BCUT2D eigenvalue weighted by atomic mass is 9.85. The summed E-state index contributed by atoms with van der Waals surface area (Å²) in [4.78, 5) is 51.6. The van der Waals surface area contributed by atoms with Crippen molar-refractivity contribution in [3.05, 3.63) is 11.4 Å². The second kappa shape index (κ2) is 7.13.